The number of anilines is 1. The van der Waals surface area contributed by atoms with E-state index in [4.69, 9.17) is 0 Å². The van der Waals surface area contributed by atoms with Gasteiger partial charge in [-0.3, -0.25) is 9.36 Å². The van der Waals surface area contributed by atoms with Crippen molar-refractivity contribution in [1.29, 1.82) is 0 Å². The minimum absolute atomic E-state index is 0.107. The summed E-state index contributed by atoms with van der Waals surface area (Å²) in [5.41, 5.74) is 0.540. The minimum Gasteiger partial charge on any atom is -0.507 e. The Hall–Kier alpha value is -3.14. The quantitative estimate of drug-likeness (QED) is 0.649. The molecule has 1 aromatic carbocycles. The van der Waals surface area contributed by atoms with Gasteiger partial charge in [-0.1, -0.05) is 0 Å². The van der Waals surface area contributed by atoms with Crippen LogP contribution in [0.2, 0.25) is 0 Å². The summed E-state index contributed by atoms with van der Waals surface area (Å²) in [6.45, 7) is 1.74. The van der Waals surface area contributed by atoms with Crippen molar-refractivity contribution in [3.8, 4) is 17.1 Å². The molecule has 4 heterocycles. The third kappa shape index (κ3) is 3.21. The Bertz CT molecular complexity index is 1210. The normalized spacial score (nSPS) is 25.2. The molecule has 2 aliphatic rings. The monoisotopic (exact) mass is 425 g/mol. The molecule has 3 aromatic rings. The van der Waals surface area contributed by atoms with Gasteiger partial charge in [0.25, 0.3) is 5.56 Å². The van der Waals surface area contributed by atoms with Gasteiger partial charge in [-0.2, -0.15) is 0 Å². The molecule has 0 saturated carbocycles. The lowest BCUT2D eigenvalue weighted by molar-refractivity contribution is 0.176. The summed E-state index contributed by atoms with van der Waals surface area (Å²) >= 11 is 0. The van der Waals surface area contributed by atoms with Crippen LogP contribution in [0.5, 0.6) is 5.75 Å². The lowest BCUT2D eigenvalue weighted by atomic mass is 9.96. The number of hydrogen-bond donors (Lipinski definition) is 2. The summed E-state index contributed by atoms with van der Waals surface area (Å²) in [5, 5.41) is 22.5. The Kier molecular flexibility index (Phi) is 4.62. The number of alkyl halides is 1. The first-order chi connectivity index (χ1) is 14.8. The summed E-state index contributed by atoms with van der Waals surface area (Å²) in [6, 6.07) is 2.91. The SMILES string of the molecule is Cc1nc2cc(-c3ncc(N(C)[C@H]4CC5CC[C@@H](N5)[C@H]4F)nn3)c(O)cc2c(=O)n1C. The van der Waals surface area contributed by atoms with Crippen LogP contribution >= 0.6 is 0 Å². The number of hydrogen-bond acceptors (Lipinski definition) is 8. The first kappa shape index (κ1) is 19.8. The average molecular weight is 425 g/mol. The van der Waals surface area contributed by atoms with E-state index in [9.17, 15) is 14.3 Å². The fraction of sp³-hybridized carbons (Fsp3) is 0.476. The number of aryl methyl sites for hydroxylation is 1. The number of benzene rings is 1. The van der Waals surface area contributed by atoms with E-state index in [0.29, 0.717) is 40.6 Å². The van der Waals surface area contributed by atoms with Crippen molar-refractivity contribution in [1.82, 2.24) is 30.0 Å². The number of rotatable bonds is 3. The van der Waals surface area contributed by atoms with Crippen molar-refractivity contribution in [2.75, 3.05) is 11.9 Å². The number of nitrogens with zero attached hydrogens (tertiary/aromatic N) is 6. The van der Waals surface area contributed by atoms with Gasteiger partial charge in [0.15, 0.2) is 11.6 Å². The van der Waals surface area contributed by atoms with E-state index in [1.807, 2.05) is 7.05 Å². The molecule has 2 bridgehead atoms. The molecular weight excluding hydrogens is 401 g/mol. The van der Waals surface area contributed by atoms with Gasteiger partial charge in [0.05, 0.1) is 28.7 Å². The second kappa shape index (κ2) is 7.23. The molecule has 0 amide bonds. The fourth-order valence-corrected chi connectivity index (χ4v) is 4.67. The zero-order valence-electron chi connectivity index (χ0n) is 17.6. The maximum Gasteiger partial charge on any atom is 0.261 e. The summed E-state index contributed by atoms with van der Waals surface area (Å²) in [6.07, 6.45) is 3.12. The Balaban J connectivity index is 1.46. The number of nitrogens with one attached hydrogen (secondary N) is 1. The van der Waals surface area contributed by atoms with Crippen molar-refractivity contribution in [3.63, 3.8) is 0 Å². The van der Waals surface area contributed by atoms with E-state index in [1.54, 1.807) is 24.9 Å². The maximum atomic E-state index is 14.9. The summed E-state index contributed by atoms with van der Waals surface area (Å²) < 4.78 is 16.3. The van der Waals surface area contributed by atoms with E-state index in [0.717, 1.165) is 12.8 Å². The highest BCUT2D eigenvalue weighted by atomic mass is 19.1. The predicted octanol–water partition coefficient (Wildman–Crippen LogP) is 1.47. The molecule has 4 atom stereocenters. The van der Waals surface area contributed by atoms with Crippen molar-refractivity contribution in [2.45, 2.75) is 50.5 Å². The number of halogens is 1. The van der Waals surface area contributed by atoms with Gasteiger partial charge in [0.1, 0.15) is 17.7 Å². The average Bonchev–Trinajstić information content (AvgIpc) is 3.18. The van der Waals surface area contributed by atoms with Crippen molar-refractivity contribution in [3.05, 3.63) is 34.5 Å². The van der Waals surface area contributed by atoms with Crippen LogP contribution in [0.3, 0.4) is 0 Å². The van der Waals surface area contributed by atoms with E-state index < -0.39 is 6.17 Å². The molecule has 9 nitrogen and oxygen atoms in total. The van der Waals surface area contributed by atoms with Crippen LogP contribution in [-0.2, 0) is 7.05 Å². The number of aromatic nitrogens is 5. The molecule has 2 fully saturated rings. The van der Waals surface area contributed by atoms with E-state index in [2.05, 4.69) is 25.5 Å². The van der Waals surface area contributed by atoms with Gasteiger partial charge in [-0.05, 0) is 38.3 Å². The first-order valence-electron chi connectivity index (χ1n) is 10.4. The van der Waals surface area contributed by atoms with E-state index in [-0.39, 0.29) is 29.2 Å². The number of phenolic OH excluding ortho intramolecular Hbond substituents is 1. The van der Waals surface area contributed by atoms with Crippen LogP contribution in [0, 0.1) is 6.92 Å². The van der Waals surface area contributed by atoms with E-state index in [1.165, 1.54) is 16.8 Å². The van der Waals surface area contributed by atoms with Gasteiger partial charge in [-0.15, -0.1) is 10.2 Å². The van der Waals surface area contributed by atoms with Crippen molar-refractivity contribution in [2.24, 2.45) is 7.05 Å². The summed E-state index contributed by atoms with van der Waals surface area (Å²) in [5.74, 6) is 1.11. The Morgan fingerprint density at radius 2 is 2.10 bits per heavy atom. The number of fused-ring (bicyclic) bond motifs is 3. The molecule has 1 unspecified atom stereocenters. The predicted molar refractivity (Wildman–Crippen MR) is 114 cm³/mol. The molecule has 2 aromatic heterocycles. The molecule has 2 saturated heterocycles. The summed E-state index contributed by atoms with van der Waals surface area (Å²) in [4.78, 5) is 23.0. The number of piperidine rings is 1. The van der Waals surface area contributed by atoms with E-state index >= 15 is 0 Å². The molecule has 162 valence electrons. The van der Waals surface area contributed by atoms with Gasteiger partial charge in [-0.25, -0.2) is 14.4 Å². The minimum atomic E-state index is -0.980. The Labute approximate surface area is 178 Å². The molecule has 0 spiro atoms. The van der Waals surface area contributed by atoms with Crippen LogP contribution in [-0.4, -0.2) is 61.2 Å². The fourth-order valence-electron chi connectivity index (χ4n) is 4.67. The molecule has 2 N–H and O–H groups in total. The Morgan fingerprint density at radius 1 is 1.29 bits per heavy atom. The molecule has 2 aliphatic heterocycles. The standard InChI is InChI=1S/C21H24FN7O2/c1-10-24-15-7-13(17(30)8-12(15)21(31)28(10)2)20-23-9-18(26-27-20)29(3)16-6-11-4-5-14(25-11)19(16)22/h7-9,11,14,16,19,25,30H,4-6H2,1-3H3/t11?,14-,16+,19-/m1/s1. The van der Waals surface area contributed by atoms with Crippen LogP contribution in [0.15, 0.2) is 23.1 Å². The zero-order chi connectivity index (χ0) is 21.9. The maximum absolute atomic E-state index is 14.9. The van der Waals surface area contributed by atoms with Crippen molar-refractivity contribution >= 4 is 16.7 Å². The van der Waals surface area contributed by atoms with Crippen LogP contribution < -0.4 is 15.8 Å². The molecule has 0 radical (unpaired) electrons. The van der Waals surface area contributed by atoms with Gasteiger partial charge in [0.2, 0.25) is 0 Å². The van der Waals surface area contributed by atoms with Crippen LogP contribution in [0.25, 0.3) is 22.3 Å². The second-order valence-corrected chi connectivity index (χ2v) is 8.46. The molecule has 0 aliphatic carbocycles. The summed E-state index contributed by atoms with van der Waals surface area (Å²) in [7, 11) is 3.44. The molecule has 5 rings (SSSR count). The van der Waals surface area contributed by atoms with Gasteiger partial charge >= 0.3 is 0 Å². The third-order valence-electron chi connectivity index (χ3n) is 6.62. The topological polar surface area (TPSA) is 109 Å². The first-order valence-corrected chi connectivity index (χ1v) is 10.4. The third-order valence-corrected chi connectivity index (χ3v) is 6.62. The largest absolute Gasteiger partial charge is 0.507 e. The lowest BCUT2D eigenvalue weighted by Gasteiger charge is -2.38. The Morgan fingerprint density at radius 3 is 2.84 bits per heavy atom. The molecule has 31 heavy (non-hydrogen) atoms. The highest BCUT2D eigenvalue weighted by Crippen LogP contribution is 2.34. The van der Waals surface area contributed by atoms with Crippen LogP contribution in [0.1, 0.15) is 25.1 Å². The smallest absolute Gasteiger partial charge is 0.261 e. The number of phenols is 1. The molecule has 10 heteroatoms. The highest BCUT2D eigenvalue weighted by Gasteiger charge is 2.43. The van der Waals surface area contributed by atoms with Crippen molar-refractivity contribution < 1.29 is 9.50 Å². The number of aromatic hydroxyl groups is 1. The van der Waals surface area contributed by atoms with Crippen LogP contribution in [0.4, 0.5) is 10.2 Å². The second-order valence-electron chi connectivity index (χ2n) is 8.46. The zero-order valence-corrected chi connectivity index (χ0v) is 17.6. The highest BCUT2D eigenvalue weighted by molar-refractivity contribution is 5.86. The van der Waals surface area contributed by atoms with Gasteiger partial charge < -0.3 is 15.3 Å². The van der Waals surface area contributed by atoms with Gasteiger partial charge in [0, 0.05) is 26.2 Å². The molecular formula is C21H24FN7O2. The lowest BCUT2D eigenvalue weighted by Crippen LogP contribution is -2.55.